The van der Waals surface area contributed by atoms with Crippen molar-refractivity contribution in [2.24, 2.45) is 4.99 Å². The van der Waals surface area contributed by atoms with Crippen molar-refractivity contribution in [3.05, 3.63) is 39.9 Å². The second-order valence-electron chi connectivity index (χ2n) is 6.11. The molecule has 2 rings (SSSR count). The lowest BCUT2D eigenvalue weighted by atomic mass is 10.1. The molecule has 2 heterocycles. The Balaban J connectivity index is 0.00000338. The highest BCUT2D eigenvalue weighted by Gasteiger charge is 2.09. The summed E-state index contributed by atoms with van der Waals surface area (Å²) in [7, 11) is 3.43. The van der Waals surface area contributed by atoms with Gasteiger partial charge in [0.2, 0.25) is 5.91 Å². The van der Waals surface area contributed by atoms with Crippen molar-refractivity contribution in [3.63, 3.8) is 0 Å². The lowest BCUT2D eigenvalue weighted by Crippen LogP contribution is -2.37. The van der Waals surface area contributed by atoms with Crippen molar-refractivity contribution in [2.75, 3.05) is 20.6 Å². The van der Waals surface area contributed by atoms with Crippen LogP contribution in [0.2, 0.25) is 0 Å². The van der Waals surface area contributed by atoms with E-state index in [1.165, 1.54) is 9.78 Å². The molecule has 26 heavy (non-hydrogen) atoms. The first-order valence-corrected chi connectivity index (χ1v) is 9.04. The van der Waals surface area contributed by atoms with Gasteiger partial charge in [0.1, 0.15) is 6.54 Å². The second kappa shape index (κ2) is 11.2. The largest absolute Gasteiger partial charge is 0.359 e. The second-order valence-corrected chi connectivity index (χ2v) is 7.14. The van der Waals surface area contributed by atoms with Crippen LogP contribution in [0, 0.1) is 0 Å². The van der Waals surface area contributed by atoms with E-state index in [0.717, 1.165) is 11.5 Å². The normalized spacial score (nSPS) is 11.2. The molecule has 0 bridgehead atoms. The molecule has 144 valence electrons. The number of halogens is 1. The fourth-order valence-corrected chi connectivity index (χ4v) is 2.55. The maximum Gasteiger partial charge on any atom is 0.243 e. The molecule has 0 spiro atoms. The van der Waals surface area contributed by atoms with Crippen LogP contribution in [0.3, 0.4) is 0 Å². The van der Waals surface area contributed by atoms with E-state index in [4.69, 9.17) is 4.52 Å². The molecular formula is C17H26IN5O2S. The van der Waals surface area contributed by atoms with Crippen LogP contribution < -0.4 is 10.6 Å². The lowest BCUT2D eigenvalue weighted by Gasteiger charge is -2.12. The zero-order valence-corrected chi connectivity index (χ0v) is 18.6. The van der Waals surface area contributed by atoms with Crippen molar-refractivity contribution in [2.45, 2.75) is 32.9 Å². The zero-order valence-electron chi connectivity index (χ0n) is 15.5. The summed E-state index contributed by atoms with van der Waals surface area (Å²) in [5, 5.41) is 12.5. The van der Waals surface area contributed by atoms with Gasteiger partial charge in [-0.25, -0.2) is 4.99 Å². The van der Waals surface area contributed by atoms with Gasteiger partial charge in [-0.2, -0.15) is 0 Å². The number of amides is 1. The topological polar surface area (TPSA) is 82.8 Å². The van der Waals surface area contributed by atoms with Gasteiger partial charge in [0.25, 0.3) is 0 Å². The van der Waals surface area contributed by atoms with Gasteiger partial charge in [0, 0.05) is 25.0 Å². The number of rotatable bonds is 7. The summed E-state index contributed by atoms with van der Waals surface area (Å²) in [6.07, 6.45) is 0. The van der Waals surface area contributed by atoms with Gasteiger partial charge in [0.05, 0.1) is 18.8 Å². The Kier molecular flexibility index (Phi) is 9.63. The molecule has 2 aromatic heterocycles. The predicted molar refractivity (Wildman–Crippen MR) is 115 cm³/mol. The van der Waals surface area contributed by atoms with Crippen molar-refractivity contribution >= 4 is 47.2 Å². The first kappa shape index (κ1) is 22.4. The number of hydrogen-bond donors (Lipinski definition) is 2. The highest BCUT2D eigenvalue weighted by atomic mass is 127. The molecule has 0 fully saturated rings. The molecule has 1 amide bonds. The molecule has 0 aliphatic rings. The van der Waals surface area contributed by atoms with Crippen LogP contribution >= 0.6 is 35.3 Å². The number of aromatic nitrogens is 1. The summed E-state index contributed by atoms with van der Waals surface area (Å²) >= 11 is 1.67. The SMILES string of the molecule is CC(C)c1cc(CNC(=NCC(=O)N(C)C)NCc2cccs2)on1.I. The Bertz CT molecular complexity index is 698. The van der Waals surface area contributed by atoms with Gasteiger partial charge in [-0.3, -0.25) is 4.79 Å². The summed E-state index contributed by atoms with van der Waals surface area (Å²) in [6, 6.07) is 5.98. The summed E-state index contributed by atoms with van der Waals surface area (Å²) in [5.41, 5.74) is 0.921. The summed E-state index contributed by atoms with van der Waals surface area (Å²) in [4.78, 5) is 18.8. The number of nitrogens with zero attached hydrogens (tertiary/aromatic N) is 3. The van der Waals surface area contributed by atoms with E-state index >= 15 is 0 Å². The Morgan fingerprint density at radius 1 is 1.35 bits per heavy atom. The number of nitrogens with one attached hydrogen (secondary N) is 2. The van der Waals surface area contributed by atoms with Crippen molar-refractivity contribution in [1.29, 1.82) is 0 Å². The van der Waals surface area contributed by atoms with Crippen LogP contribution in [0.1, 0.15) is 36.1 Å². The minimum atomic E-state index is -0.0565. The molecule has 0 aromatic carbocycles. The fourth-order valence-electron chi connectivity index (χ4n) is 1.90. The average molecular weight is 491 g/mol. The molecular weight excluding hydrogens is 465 g/mol. The maximum absolute atomic E-state index is 11.8. The van der Waals surface area contributed by atoms with Crippen LogP contribution in [0.4, 0.5) is 0 Å². The van der Waals surface area contributed by atoms with E-state index in [9.17, 15) is 4.79 Å². The quantitative estimate of drug-likeness (QED) is 0.354. The molecule has 2 aromatic rings. The number of thiophene rings is 1. The zero-order chi connectivity index (χ0) is 18.2. The van der Waals surface area contributed by atoms with Crippen LogP contribution in [-0.2, 0) is 17.9 Å². The average Bonchev–Trinajstić information content (AvgIpc) is 3.25. The van der Waals surface area contributed by atoms with Gasteiger partial charge in [-0.15, -0.1) is 35.3 Å². The van der Waals surface area contributed by atoms with Crippen LogP contribution in [0.15, 0.2) is 33.1 Å². The molecule has 0 radical (unpaired) electrons. The Morgan fingerprint density at radius 3 is 2.65 bits per heavy atom. The van der Waals surface area contributed by atoms with Crippen LogP contribution in [0.25, 0.3) is 0 Å². The smallest absolute Gasteiger partial charge is 0.243 e. The number of likely N-dealkylation sites (N-methyl/N-ethyl adjacent to an activating group) is 1. The van der Waals surface area contributed by atoms with Gasteiger partial charge in [0.15, 0.2) is 11.7 Å². The monoisotopic (exact) mass is 491 g/mol. The molecule has 0 aliphatic heterocycles. The standard InChI is InChI=1S/C17H25N5O2S.HI/c1-12(2)15-8-13(24-21-15)9-18-17(20-11-16(23)22(3)4)19-10-14-6-5-7-25-14;/h5-8,12H,9-11H2,1-4H3,(H2,18,19,20);1H. The minimum absolute atomic E-state index is 0. The lowest BCUT2D eigenvalue weighted by molar-refractivity contribution is -0.127. The Hall–Kier alpha value is -1.62. The molecule has 0 unspecified atom stereocenters. The van der Waals surface area contributed by atoms with E-state index < -0.39 is 0 Å². The van der Waals surface area contributed by atoms with Crippen molar-refractivity contribution < 1.29 is 9.32 Å². The third-order valence-corrected chi connectivity index (χ3v) is 4.36. The van der Waals surface area contributed by atoms with Gasteiger partial charge >= 0.3 is 0 Å². The number of hydrogen-bond acceptors (Lipinski definition) is 5. The van der Waals surface area contributed by atoms with E-state index in [2.05, 4.69) is 34.6 Å². The number of guanidine groups is 1. The van der Waals surface area contributed by atoms with Crippen molar-refractivity contribution in [1.82, 2.24) is 20.7 Å². The minimum Gasteiger partial charge on any atom is -0.359 e. The molecule has 2 N–H and O–H groups in total. The van der Waals surface area contributed by atoms with E-state index in [1.54, 1.807) is 25.4 Å². The first-order valence-electron chi connectivity index (χ1n) is 8.16. The van der Waals surface area contributed by atoms with Gasteiger partial charge < -0.3 is 20.1 Å². The van der Waals surface area contributed by atoms with E-state index in [0.29, 0.717) is 25.0 Å². The Morgan fingerprint density at radius 2 is 2.08 bits per heavy atom. The van der Waals surface area contributed by atoms with E-state index in [-0.39, 0.29) is 36.4 Å². The molecule has 0 atom stereocenters. The fraction of sp³-hybridized carbons (Fsp3) is 0.471. The van der Waals surface area contributed by atoms with Crippen molar-refractivity contribution in [3.8, 4) is 0 Å². The van der Waals surface area contributed by atoms with Gasteiger partial charge in [-0.1, -0.05) is 25.1 Å². The van der Waals surface area contributed by atoms with Crippen LogP contribution in [-0.4, -0.2) is 42.6 Å². The molecule has 0 saturated carbocycles. The summed E-state index contributed by atoms with van der Waals surface area (Å²) in [6.45, 7) is 5.31. The highest BCUT2D eigenvalue weighted by Crippen LogP contribution is 2.13. The molecule has 0 aliphatic carbocycles. The van der Waals surface area contributed by atoms with Crippen LogP contribution in [0.5, 0.6) is 0 Å². The summed E-state index contributed by atoms with van der Waals surface area (Å²) < 4.78 is 5.32. The van der Waals surface area contributed by atoms with Gasteiger partial charge in [-0.05, 0) is 17.4 Å². The number of carbonyl (C=O) groups excluding carboxylic acids is 1. The first-order chi connectivity index (χ1) is 12.0. The molecule has 7 nitrogen and oxygen atoms in total. The third-order valence-electron chi connectivity index (χ3n) is 3.48. The maximum atomic E-state index is 11.8. The summed E-state index contributed by atoms with van der Waals surface area (Å²) in [5.74, 6) is 1.55. The van der Waals surface area contributed by atoms with E-state index in [1.807, 2.05) is 23.6 Å². The molecule has 9 heteroatoms. The molecule has 0 saturated heterocycles. The number of carbonyl (C=O) groups is 1. The predicted octanol–water partition coefficient (Wildman–Crippen LogP) is 2.80. The Labute approximate surface area is 175 Å². The highest BCUT2D eigenvalue weighted by molar-refractivity contribution is 14.0. The number of aliphatic imine (C=N–C) groups is 1. The third kappa shape index (κ3) is 7.32.